The third-order valence-corrected chi connectivity index (χ3v) is 4.68. The van der Waals surface area contributed by atoms with E-state index in [0.29, 0.717) is 17.0 Å². The quantitative estimate of drug-likeness (QED) is 0.508. The summed E-state index contributed by atoms with van der Waals surface area (Å²) in [4.78, 5) is 24.4. The molecule has 1 N–H and O–H groups in total. The maximum Gasteiger partial charge on any atom is 0.266 e. The zero-order valence-corrected chi connectivity index (χ0v) is 16.4. The molecule has 8 nitrogen and oxygen atoms in total. The number of carbonyl (C=O) groups excluding carboxylic acids is 1. The average Bonchev–Trinajstić information content (AvgIpc) is 3.18. The van der Waals surface area contributed by atoms with Gasteiger partial charge in [0.25, 0.3) is 5.56 Å². The lowest BCUT2D eigenvalue weighted by atomic mass is 10.1. The van der Waals surface area contributed by atoms with Gasteiger partial charge in [0.15, 0.2) is 5.58 Å². The van der Waals surface area contributed by atoms with Gasteiger partial charge in [0.1, 0.15) is 11.4 Å². The van der Waals surface area contributed by atoms with E-state index < -0.39 is 0 Å². The Balaban J connectivity index is 1.38. The number of hydrogen-bond donors (Lipinski definition) is 1. The lowest BCUT2D eigenvalue weighted by Gasteiger charge is -2.09. The van der Waals surface area contributed by atoms with Crippen LogP contribution in [0.3, 0.4) is 0 Å². The molecular weight excluding hydrogens is 384 g/mol. The average molecular weight is 404 g/mol. The van der Waals surface area contributed by atoms with Crippen molar-refractivity contribution in [2.45, 2.75) is 13.0 Å². The SMILES string of the molecule is COc1ccc(-c2ccc(=O)n(CCNC(=O)Cc3noc4ccccc34)n2)cc1. The van der Waals surface area contributed by atoms with E-state index in [4.69, 9.17) is 9.26 Å². The highest BCUT2D eigenvalue weighted by Crippen LogP contribution is 2.20. The Bertz CT molecular complexity index is 1230. The molecular formula is C22H20N4O4. The van der Waals surface area contributed by atoms with E-state index >= 15 is 0 Å². The molecule has 0 spiro atoms. The Kier molecular flexibility index (Phi) is 5.56. The molecule has 4 rings (SSSR count). The molecule has 0 aliphatic carbocycles. The van der Waals surface area contributed by atoms with Gasteiger partial charge in [-0.3, -0.25) is 9.59 Å². The summed E-state index contributed by atoms with van der Waals surface area (Å²) in [6.45, 7) is 0.529. The lowest BCUT2D eigenvalue weighted by molar-refractivity contribution is -0.120. The zero-order chi connectivity index (χ0) is 20.9. The molecule has 0 saturated heterocycles. The molecule has 2 heterocycles. The number of methoxy groups -OCH3 is 1. The van der Waals surface area contributed by atoms with Gasteiger partial charge in [-0.25, -0.2) is 4.68 Å². The third kappa shape index (κ3) is 4.22. The molecule has 152 valence electrons. The van der Waals surface area contributed by atoms with Gasteiger partial charge in [0.2, 0.25) is 5.91 Å². The molecule has 0 unspecified atom stereocenters. The maximum absolute atomic E-state index is 12.3. The van der Waals surface area contributed by atoms with Crippen LogP contribution in [-0.4, -0.2) is 34.5 Å². The van der Waals surface area contributed by atoms with E-state index in [1.54, 1.807) is 19.2 Å². The number of nitrogens with one attached hydrogen (secondary N) is 1. The molecule has 0 fully saturated rings. The molecule has 0 atom stereocenters. The first-order valence-electron chi connectivity index (χ1n) is 9.46. The minimum Gasteiger partial charge on any atom is -0.497 e. The summed E-state index contributed by atoms with van der Waals surface area (Å²) in [7, 11) is 1.60. The first-order chi connectivity index (χ1) is 14.6. The van der Waals surface area contributed by atoms with Gasteiger partial charge in [-0.2, -0.15) is 5.10 Å². The number of aromatic nitrogens is 3. The molecule has 8 heteroatoms. The first kappa shape index (κ1) is 19.4. The number of ether oxygens (including phenoxy) is 1. The van der Waals surface area contributed by atoms with Crippen molar-refractivity contribution in [3.63, 3.8) is 0 Å². The molecule has 0 bridgehead atoms. The molecule has 2 aromatic heterocycles. The molecule has 0 aliphatic heterocycles. The summed E-state index contributed by atoms with van der Waals surface area (Å²) < 4.78 is 11.7. The first-order valence-corrected chi connectivity index (χ1v) is 9.46. The number of benzene rings is 2. The monoisotopic (exact) mass is 404 g/mol. The highest BCUT2D eigenvalue weighted by Gasteiger charge is 2.12. The van der Waals surface area contributed by atoms with Gasteiger partial charge >= 0.3 is 0 Å². The summed E-state index contributed by atoms with van der Waals surface area (Å²) in [6.07, 6.45) is 0.102. The maximum atomic E-state index is 12.3. The van der Waals surface area contributed by atoms with Crippen LogP contribution in [-0.2, 0) is 17.8 Å². The van der Waals surface area contributed by atoms with Crippen molar-refractivity contribution >= 4 is 16.9 Å². The van der Waals surface area contributed by atoms with Crippen LogP contribution in [0.15, 0.2) is 70.0 Å². The Morgan fingerprint density at radius 1 is 1.10 bits per heavy atom. The minimum absolute atomic E-state index is 0.102. The van der Waals surface area contributed by atoms with Gasteiger partial charge in [-0.05, 0) is 42.5 Å². The van der Waals surface area contributed by atoms with Crippen molar-refractivity contribution < 1.29 is 14.1 Å². The van der Waals surface area contributed by atoms with Gasteiger partial charge in [-0.15, -0.1) is 0 Å². The second-order valence-corrected chi connectivity index (χ2v) is 6.66. The molecule has 0 aliphatic rings. The number of hydrogen-bond acceptors (Lipinski definition) is 6. The number of rotatable bonds is 7. The third-order valence-electron chi connectivity index (χ3n) is 4.68. The fraction of sp³-hybridized carbons (Fsp3) is 0.182. The van der Waals surface area contributed by atoms with Crippen molar-refractivity contribution in [1.82, 2.24) is 20.3 Å². The van der Waals surface area contributed by atoms with Crippen LogP contribution >= 0.6 is 0 Å². The van der Waals surface area contributed by atoms with Gasteiger partial charge in [0.05, 0.1) is 25.8 Å². The molecule has 1 amide bonds. The topological polar surface area (TPSA) is 99.2 Å². The molecule has 4 aromatic rings. The number of carbonyl (C=O) groups is 1. The van der Waals surface area contributed by atoms with Crippen LogP contribution in [0.5, 0.6) is 5.75 Å². The van der Waals surface area contributed by atoms with Gasteiger partial charge in [0, 0.05) is 23.6 Å². The number of amides is 1. The normalized spacial score (nSPS) is 10.8. The van der Waals surface area contributed by atoms with Crippen molar-refractivity contribution in [1.29, 1.82) is 0 Å². The molecule has 30 heavy (non-hydrogen) atoms. The van der Waals surface area contributed by atoms with E-state index in [0.717, 1.165) is 16.7 Å². The molecule has 0 radical (unpaired) electrons. The predicted molar refractivity (Wildman–Crippen MR) is 111 cm³/mol. The second-order valence-electron chi connectivity index (χ2n) is 6.66. The summed E-state index contributed by atoms with van der Waals surface area (Å²) in [5.41, 5.74) is 2.53. The van der Waals surface area contributed by atoms with Crippen molar-refractivity contribution in [3.8, 4) is 17.0 Å². The highest BCUT2D eigenvalue weighted by molar-refractivity contribution is 5.86. The van der Waals surface area contributed by atoms with E-state index in [1.807, 2.05) is 42.5 Å². The summed E-state index contributed by atoms with van der Waals surface area (Å²) in [5, 5.41) is 12.0. The standard InChI is InChI=1S/C22H20N4O4/c1-29-16-8-6-15(7-9-16)18-10-11-22(28)26(24-18)13-12-23-21(27)14-19-17-4-2-3-5-20(17)30-25-19/h2-11H,12-14H2,1H3,(H,23,27). The molecule has 0 saturated carbocycles. The van der Waals surface area contributed by atoms with E-state index in [9.17, 15) is 9.59 Å². The van der Waals surface area contributed by atoms with Gasteiger partial charge in [-0.1, -0.05) is 17.3 Å². The van der Waals surface area contributed by atoms with E-state index in [2.05, 4.69) is 15.6 Å². The fourth-order valence-corrected chi connectivity index (χ4v) is 3.11. The summed E-state index contributed by atoms with van der Waals surface area (Å²) >= 11 is 0. The predicted octanol–water partition coefficient (Wildman–Crippen LogP) is 2.42. The van der Waals surface area contributed by atoms with Crippen molar-refractivity contribution in [2.24, 2.45) is 0 Å². The van der Waals surface area contributed by atoms with Gasteiger partial charge < -0.3 is 14.6 Å². The number of nitrogens with zero attached hydrogens (tertiary/aromatic N) is 3. The fourth-order valence-electron chi connectivity index (χ4n) is 3.11. The van der Waals surface area contributed by atoms with Crippen LogP contribution < -0.4 is 15.6 Å². The van der Waals surface area contributed by atoms with Crippen molar-refractivity contribution in [2.75, 3.05) is 13.7 Å². The Hall–Kier alpha value is -3.94. The van der Waals surface area contributed by atoms with Crippen LogP contribution in [0.4, 0.5) is 0 Å². The minimum atomic E-state index is -0.232. The van der Waals surface area contributed by atoms with E-state index in [1.165, 1.54) is 10.7 Å². The summed E-state index contributed by atoms with van der Waals surface area (Å²) in [6, 6.07) is 17.9. The Morgan fingerprint density at radius 2 is 1.90 bits per heavy atom. The Morgan fingerprint density at radius 3 is 2.70 bits per heavy atom. The van der Waals surface area contributed by atoms with Crippen LogP contribution in [0.2, 0.25) is 0 Å². The van der Waals surface area contributed by atoms with Crippen molar-refractivity contribution in [3.05, 3.63) is 76.7 Å². The second kappa shape index (κ2) is 8.60. The van der Waals surface area contributed by atoms with Crippen LogP contribution in [0, 0.1) is 0 Å². The smallest absolute Gasteiger partial charge is 0.266 e. The largest absolute Gasteiger partial charge is 0.497 e. The van der Waals surface area contributed by atoms with E-state index in [-0.39, 0.29) is 31.0 Å². The van der Waals surface area contributed by atoms with Crippen LogP contribution in [0.25, 0.3) is 22.2 Å². The lowest BCUT2D eigenvalue weighted by Crippen LogP contribution is -2.32. The molecule has 2 aromatic carbocycles. The highest BCUT2D eigenvalue weighted by atomic mass is 16.5. The zero-order valence-electron chi connectivity index (χ0n) is 16.4. The Labute approximate surface area is 172 Å². The number of fused-ring (bicyclic) bond motifs is 1. The number of para-hydroxylation sites is 1. The van der Waals surface area contributed by atoms with Crippen LogP contribution in [0.1, 0.15) is 5.69 Å². The summed E-state index contributed by atoms with van der Waals surface area (Å²) in [5.74, 6) is 0.545.